The Morgan fingerprint density at radius 3 is 2.55 bits per heavy atom. The fourth-order valence-corrected chi connectivity index (χ4v) is 5.03. The molecule has 2 rings (SSSR count). The summed E-state index contributed by atoms with van der Waals surface area (Å²) in [5, 5.41) is 2.90. The van der Waals surface area contributed by atoms with Gasteiger partial charge < -0.3 is 5.73 Å². The monoisotopic (exact) mass is 359 g/mol. The number of nitrogens with zero attached hydrogens (tertiary/aromatic N) is 1. The van der Waals surface area contributed by atoms with Gasteiger partial charge >= 0.3 is 0 Å². The molecule has 0 aromatic carbocycles. The van der Waals surface area contributed by atoms with E-state index in [1.807, 2.05) is 26.2 Å². The summed E-state index contributed by atoms with van der Waals surface area (Å²) in [4.78, 5) is 5.24. The van der Waals surface area contributed by atoms with Crippen LogP contribution in [0.15, 0.2) is 21.7 Å². The molecular weight excluding hydrogens is 338 g/mol. The zero-order valence-electron chi connectivity index (χ0n) is 12.9. The number of thiophene rings is 1. The van der Waals surface area contributed by atoms with Crippen molar-refractivity contribution in [3.8, 4) is 10.6 Å². The molecule has 0 saturated carbocycles. The fraction of sp³-hybridized carbons (Fsp3) is 0.500. The Labute approximate surface area is 139 Å². The average molecular weight is 360 g/mol. The van der Waals surface area contributed by atoms with Crippen molar-refractivity contribution in [1.29, 1.82) is 0 Å². The first kappa shape index (κ1) is 17.6. The highest BCUT2D eigenvalue weighted by molar-refractivity contribution is 7.91. The molecule has 2 aromatic heterocycles. The highest BCUT2D eigenvalue weighted by atomic mass is 32.2. The van der Waals surface area contributed by atoms with Crippen LogP contribution in [0.5, 0.6) is 0 Å². The van der Waals surface area contributed by atoms with Gasteiger partial charge in [0.1, 0.15) is 4.21 Å². The van der Waals surface area contributed by atoms with Crippen LogP contribution in [0.4, 0.5) is 0 Å². The van der Waals surface area contributed by atoms with Crippen LogP contribution in [-0.4, -0.2) is 25.5 Å². The van der Waals surface area contributed by atoms with Gasteiger partial charge in [-0.1, -0.05) is 13.8 Å². The Kier molecular flexibility index (Phi) is 5.39. The van der Waals surface area contributed by atoms with Gasteiger partial charge in [0.25, 0.3) is 0 Å². The Hall–Kier alpha value is -0.800. The normalized spacial score (nSPS) is 12.7. The maximum absolute atomic E-state index is 12.4. The smallest absolute Gasteiger partial charge is 0.250 e. The maximum atomic E-state index is 12.4. The van der Waals surface area contributed by atoms with Crippen LogP contribution in [0, 0.1) is 6.92 Å². The Balaban J connectivity index is 2.15. The molecule has 3 N–H and O–H groups in total. The summed E-state index contributed by atoms with van der Waals surface area (Å²) in [5.74, 6) is 0. The molecule has 5 nitrogen and oxygen atoms in total. The molecule has 0 aliphatic rings. The van der Waals surface area contributed by atoms with Crippen LogP contribution in [0.1, 0.15) is 31.7 Å². The van der Waals surface area contributed by atoms with E-state index >= 15 is 0 Å². The summed E-state index contributed by atoms with van der Waals surface area (Å²) in [6.45, 7) is 6.10. The van der Waals surface area contributed by atoms with Crippen LogP contribution in [0.25, 0.3) is 10.6 Å². The van der Waals surface area contributed by atoms with Gasteiger partial charge in [0, 0.05) is 17.5 Å². The molecule has 0 amide bonds. The van der Waals surface area contributed by atoms with Gasteiger partial charge in [-0.25, -0.2) is 18.1 Å². The van der Waals surface area contributed by atoms with Crippen LogP contribution in [0.2, 0.25) is 0 Å². The summed E-state index contributed by atoms with van der Waals surface area (Å²) >= 11 is 2.77. The van der Waals surface area contributed by atoms with Crippen LogP contribution in [-0.2, 0) is 10.0 Å². The average Bonchev–Trinajstić information content (AvgIpc) is 3.14. The van der Waals surface area contributed by atoms with Crippen molar-refractivity contribution in [2.45, 2.75) is 43.4 Å². The molecule has 0 aliphatic carbocycles. The van der Waals surface area contributed by atoms with E-state index in [4.69, 9.17) is 5.73 Å². The van der Waals surface area contributed by atoms with Crippen molar-refractivity contribution in [2.24, 2.45) is 5.73 Å². The zero-order valence-corrected chi connectivity index (χ0v) is 15.4. The van der Waals surface area contributed by atoms with E-state index in [-0.39, 0.29) is 6.54 Å². The lowest BCUT2D eigenvalue weighted by molar-refractivity contribution is 0.392. The molecule has 2 aromatic rings. The molecule has 0 saturated heterocycles. The standard InChI is InChI=1S/C14H21N3O2S3/c1-4-14(15,5-2)9-16-22(18,19)13-7-6-12(21-13)11-8-20-10(3)17-11/h6-8,16H,4-5,9,15H2,1-3H3. The highest BCUT2D eigenvalue weighted by Crippen LogP contribution is 2.31. The van der Waals surface area contributed by atoms with E-state index < -0.39 is 15.6 Å². The summed E-state index contributed by atoms with van der Waals surface area (Å²) in [5.41, 5.74) is 6.47. The molecular formula is C14H21N3O2S3. The van der Waals surface area contributed by atoms with Crippen molar-refractivity contribution >= 4 is 32.7 Å². The molecule has 0 unspecified atom stereocenters. The molecule has 0 aliphatic heterocycles. The fourth-order valence-electron chi connectivity index (χ4n) is 1.89. The largest absolute Gasteiger partial charge is 0.324 e. The van der Waals surface area contributed by atoms with E-state index in [2.05, 4.69) is 9.71 Å². The molecule has 22 heavy (non-hydrogen) atoms. The van der Waals surface area contributed by atoms with E-state index in [1.54, 1.807) is 23.5 Å². The predicted molar refractivity (Wildman–Crippen MR) is 92.9 cm³/mol. The van der Waals surface area contributed by atoms with Crippen LogP contribution < -0.4 is 10.5 Å². The minimum absolute atomic E-state index is 0.241. The van der Waals surface area contributed by atoms with Crippen molar-refractivity contribution in [3.05, 3.63) is 22.5 Å². The number of rotatable bonds is 7. The van der Waals surface area contributed by atoms with Crippen molar-refractivity contribution in [2.75, 3.05) is 6.54 Å². The third kappa shape index (κ3) is 3.94. The topological polar surface area (TPSA) is 85.1 Å². The molecule has 0 spiro atoms. The van der Waals surface area contributed by atoms with E-state index in [0.717, 1.165) is 28.4 Å². The summed E-state index contributed by atoms with van der Waals surface area (Å²) in [6, 6.07) is 3.41. The number of nitrogens with two attached hydrogens (primary N) is 1. The van der Waals surface area contributed by atoms with Gasteiger partial charge in [0.05, 0.1) is 15.6 Å². The molecule has 0 bridgehead atoms. The minimum atomic E-state index is -3.53. The van der Waals surface area contributed by atoms with E-state index in [9.17, 15) is 8.42 Å². The second kappa shape index (κ2) is 6.76. The van der Waals surface area contributed by atoms with E-state index in [0.29, 0.717) is 4.21 Å². The Morgan fingerprint density at radius 2 is 2.00 bits per heavy atom. The van der Waals surface area contributed by atoms with Gasteiger partial charge in [-0.05, 0) is 31.9 Å². The van der Waals surface area contributed by atoms with Crippen molar-refractivity contribution in [3.63, 3.8) is 0 Å². The van der Waals surface area contributed by atoms with Crippen LogP contribution in [0.3, 0.4) is 0 Å². The molecule has 122 valence electrons. The lowest BCUT2D eigenvalue weighted by Gasteiger charge is -2.26. The number of sulfonamides is 1. The lowest BCUT2D eigenvalue weighted by Crippen LogP contribution is -2.49. The van der Waals surface area contributed by atoms with Crippen molar-refractivity contribution in [1.82, 2.24) is 9.71 Å². The molecule has 0 radical (unpaired) electrons. The van der Waals surface area contributed by atoms with Crippen molar-refractivity contribution < 1.29 is 8.42 Å². The second-order valence-corrected chi connectivity index (χ2v) is 9.40. The third-order valence-electron chi connectivity index (χ3n) is 3.74. The minimum Gasteiger partial charge on any atom is -0.324 e. The maximum Gasteiger partial charge on any atom is 0.250 e. The van der Waals surface area contributed by atoms with E-state index in [1.165, 1.54) is 11.3 Å². The number of aromatic nitrogens is 1. The molecule has 2 heterocycles. The molecule has 0 fully saturated rings. The number of aryl methyl sites for hydroxylation is 1. The van der Waals surface area contributed by atoms with Gasteiger partial charge in [-0.2, -0.15) is 0 Å². The number of hydrogen-bond donors (Lipinski definition) is 2. The number of nitrogens with one attached hydrogen (secondary N) is 1. The first-order chi connectivity index (χ1) is 10.3. The predicted octanol–water partition coefficient (Wildman–Crippen LogP) is 2.98. The third-order valence-corrected chi connectivity index (χ3v) is 7.51. The summed E-state index contributed by atoms with van der Waals surface area (Å²) < 4.78 is 27.7. The summed E-state index contributed by atoms with van der Waals surface area (Å²) in [7, 11) is -3.53. The number of hydrogen-bond acceptors (Lipinski definition) is 6. The van der Waals surface area contributed by atoms with Gasteiger partial charge in [-0.3, -0.25) is 0 Å². The van der Waals surface area contributed by atoms with Crippen LogP contribution >= 0.6 is 22.7 Å². The Morgan fingerprint density at radius 1 is 1.32 bits per heavy atom. The zero-order chi connectivity index (χ0) is 16.4. The highest BCUT2D eigenvalue weighted by Gasteiger charge is 2.25. The van der Waals surface area contributed by atoms with Gasteiger partial charge in [-0.15, -0.1) is 22.7 Å². The lowest BCUT2D eigenvalue weighted by atomic mass is 9.95. The Bertz CT molecular complexity index is 730. The molecule has 0 atom stereocenters. The SMILES string of the molecule is CCC(N)(CC)CNS(=O)(=O)c1ccc(-c2csc(C)n2)s1. The van der Waals surface area contributed by atoms with Gasteiger partial charge in [0.15, 0.2) is 0 Å². The second-order valence-electron chi connectivity index (χ2n) is 5.26. The molecule has 8 heteroatoms. The summed E-state index contributed by atoms with van der Waals surface area (Å²) in [6.07, 6.45) is 1.44. The number of thiazole rings is 1. The first-order valence-electron chi connectivity index (χ1n) is 7.10. The first-order valence-corrected chi connectivity index (χ1v) is 10.3. The quantitative estimate of drug-likeness (QED) is 0.796. The van der Waals surface area contributed by atoms with Gasteiger partial charge in [0.2, 0.25) is 10.0 Å².